The van der Waals surface area contributed by atoms with E-state index >= 15 is 0 Å². The van der Waals surface area contributed by atoms with Crippen molar-refractivity contribution in [1.29, 1.82) is 5.41 Å². The highest BCUT2D eigenvalue weighted by atomic mass is 35.5. The average molecular weight is 722 g/mol. The van der Waals surface area contributed by atoms with Crippen LogP contribution in [0.4, 0.5) is 11.6 Å². The van der Waals surface area contributed by atoms with Gasteiger partial charge >= 0.3 is 0 Å². The monoisotopic (exact) mass is 721 g/mol. The lowest BCUT2D eigenvalue weighted by Gasteiger charge is -2.43. The molecule has 0 unspecified atom stereocenters. The first kappa shape index (κ1) is 37.0. The molecule has 0 radical (unpaired) electrons. The van der Waals surface area contributed by atoms with Crippen molar-refractivity contribution < 1.29 is 18.9 Å². The Morgan fingerprint density at radius 1 is 1.06 bits per heavy atom. The fourth-order valence-electron chi connectivity index (χ4n) is 7.53. The first-order valence-corrected chi connectivity index (χ1v) is 18.4. The number of benzene rings is 1. The molecular formula is C37H52ClN9O4. The van der Waals surface area contributed by atoms with E-state index in [1.54, 1.807) is 25.6 Å². The molecule has 1 aromatic carbocycles. The zero-order valence-corrected chi connectivity index (χ0v) is 30.9. The molecule has 2 aliphatic heterocycles. The van der Waals surface area contributed by atoms with Gasteiger partial charge in [0, 0.05) is 55.2 Å². The first-order valence-electron chi connectivity index (χ1n) is 18.1. The molecule has 0 spiro atoms. The molecule has 4 heterocycles. The van der Waals surface area contributed by atoms with Crippen LogP contribution in [0.25, 0.3) is 11.1 Å². The molecular weight excluding hydrogens is 670 g/mol. The van der Waals surface area contributed by atoms with Crippen molar-refractivity contribution in [2.45, 2.75) is 90.1 Å². The van der Waals surface area contributed by atoms with Crippen molar-refractivity contribution in [1.82, 2.24) is 30.0 Å². The van der Waals surface area contributed by atoms with E-state index in [-0.39, 0.29) is 11.5 Å². The van der Waals surface area contributed by atoms with Crippen LogP contribution in [0.5, 0.6) is 11.6 Å². The van der Waals surface area contributed by atoms with E-state index in [2.05, 4.69) is 44.3 Å². The van der Waals surface area contributed by atoms with E-state index in [1.165, 1.54) is 44.9 Å². The molecule has 1 aliphatic carbocycles. The van der Waals surface area contributed by atoms with Gasteiger partial charge in [0.25, 0.3) is 5.88 Å². The van der Waals surface area contributed by atoms with Crippen molar-refractivity contribution in [3.63, 3.8) is 0 Å². The van der Waals surface area contributed by atoms with E-state index in [0.29, 0.717) is 66.4 Å². The number of nitrogens with one attached hydrogen (secondary N) is 3. The zero-order valence-electron chi connectivity index (χ0n) is 30.2. The minimum absolute atomic E-state index is 0.185. The molecule has 51 heavy (non-hydrogen) atoms. The summed E-state index contributed by atoms with van der Waals surface area (Å²) < 4.78 is 25.7. The van der Waals surface area contributed by atoms with Crippen LogP contribution in [0.2, 0.25) is 5.02 Å². The number of rotatable bonds is 17. The van der Waals surface area contributed by atoms with Crippen LogP contribution in [-0.4, -0.2) is 102 Å². The molecule has 3 atom stereocenters. The van der Waals surface area contributed by atoms with Crippen LogP contribution in [0.1, 0.15) is 59.3 Å². The summed E-state index contributed by atoms with van der Waals surface area (Å²) in [4.78, 5) is 15.8. The van der Waals surface area contributed by atoms with Gasteiger partial charge in [0.2, 0.25) is 5.95 Å². The summed E-state index contributed by atoms with van der Waals surface area (Å²) in [7, 11) is 1.71. The Kier molecular flexibility index (Phi) is 12.4. The quantitative estimate of drug-likeness (QED) is 0.109. The maximum absolute atomic E-state index is 6.97. The second-order valence-corrected chi connectivity index (χ2v) is 15.2. The fraction of sp³-hybridized carbons (Fsp3) is 0.595. The summed E-state index contributed by atoms with van der Waals surface area (Å²) >= 11 is 6.45. The number of ether oxygens (including phenoxy) is 4. The molecule has 0 amide bonds. The van der Waals surface area contributed by atoms with Crippen LogP contribution >= 0.6 is 11.6 Å². The molecule has 2 bridgehead atoms. The van der Waals surface area contributed by atoms with Gasteiger partial charge in [-0.05, 0) is 69.1 Å². The highest BCUT2D eigenvalue weighted by molar-refractivity contribution is 6.32. The SMILES string of the molecule is COCC(C)(C)COc1nn(C[C@H]2CC[C@H](N3[C@@H]4CC[C@H]3COC4)CC2)cc1Nc1ncc(-c2ccc(Cl)c(O[C@@H](C)CN/C=N\C=N)c2)cn1. The molecule has 13 nitrogen and oxygen atoms in total. The number of aromatic nitrogens is 4. The van der Waals surface area contributed by atoms with Crippen molar-refractivity contribution in [2.24, 2.45) is 16.3 Å². The third kappa shape index (κ3) is 9.76. The minimum atomic E-state index is -0.185. The first-order chi connectivity index (χ1) is 24.7. The normalized spacial score (nSPS) is 22.9. The maximum atomic E-state index is 6.97. The van der Waals surface area contributed by atoms with Gasteiger partial charge in [-0.25, -0.2) is 15.0 Å². The van der Waals surface area contributed by atoms with E-state index in [4.69, 9.17) is 41.1 Å². The van der Waals surface area contributed by atoms with Gasteiger partial charge in [0.05, 0.1) is 50.5 Å². The predicted octanol–water partition coefficient (Wildman–Crippen LogP) is 6.20. The van der Waals surface area contributed by atoms with E-state index in [1.807, 2.05) is 29.9 Å². The molecule has 2 aromatic heterocycles. The summed E-state index contributed by atoms with van der Waals surface area (Å²) in [6, 6.07) is 7.50. The van der Waals surface area contributed by atoms with Crippen LogP contribution in [0.15, 0.2) is 41.8 Å². The Hall–Kier alpha value is -3.78. The van der Waals surface area contributed by atoms with Crippen LogP contribution in [0.3, 0.4) is 0 Å². The zero-order chi connectivity index (χ0) is 35.8. The van der Waals surface area contributed by atoms with Crippen LogP contribution in [-0.2, 0) is 16.0 Å². The second kappa shape index (κ2) is 17.2. The van der Waals surface area contributed by atoms with Crippen LogP contribution < -0.4 is 20.1 Å². The molecule has 1 saturated carbocycles. The van der Waals surface area contributed by atoms with E-state index < -0.39 is 0 Å². The van der Waals surface area contributed by atoms with Crippen LogP contribution in [0, 0.1) is 16.7 Å². The Balaban J connectivity index is 1.11. The largest absolute Gasteiger partial charge is 0.487 e. The third-order valence-electron chi connectivity index (χ3n) is 9.98. The summed E-state index contributed by atoms with van der Waals surface area (Å²) in [5.74, 6) is 2.09. The Labute approximate surface area is 306 Å². The molecule has 3 aliphatic rings. The van der Waals surface area contributed by atoms with Gasteiger partial charge < -0.3 is 29.6 Å². The van der Waals surface area contributed by atoms with Gasteiger partial charge in [-0.15, -0.1) is 5.10 Å². The van der Waals surface area contributed by atoms with Crippen molar-refractivity contribution >= 4 is 35.9 Å². The van der Waals surface area contributed by atoms with Gasteiger partial charge in [0.1, 0.15) is 23.9 Å². The van der Waals surface area contributed by atoms with Gasteiger partial charge in [-0.2, -0.15) is 0 Å². The molecule has 2 saturated heterocycles. The predicted molar refractivity (Wildman–Crippen MR) is 200 cm³/mol. The topological polar surface area (TPSA) is 144 Å². The summed E-state index contributed by atoms with van der Waals surface area (Å²) in [6.45, 7) is 10.3. The average Bonchev–Trinajstić information content (AvgIpc) is 3.61. The number of nitrogens with zero attached hydrogens (tertiary/aromatic N) is 6. The highest BCUT2D eigenvalue weighted by Crippen LogP contribution is 2.38. The highest BCUT2D eigenvalue weighted by Gasteiger charge is 2.42. The van der Waals surface area contributed by atoms with Crippen molar-refractivity contribution in [3.05, 3.63) is 41.8 Å². The number of hydrogen-bond acceptors (Lipinski definition) is 10. The summed E-state index contributed by atoms with van der Waals surface area (Å²) in [6.07, 6.45) is 15.2. The standard InChI is InChI=1S/C37H52ClN9O4/c1-25(14-40-24-41-23-39)51-34-13-27(7-12-32(34)38)28-15-42-36(43-16-28)44-33-18-46(45-35(33)50-22-37(2,3)21-48-4)17-26-5-8-29(9-6-26)47-30-10-11-31(47)20-49-19-30/h7,12-13,15-16,18,23-26,29-31H,5-6,8-11,14,17,19-22H2,1-4H3,(H2,39,40,41)(H,42,43,44)/t25-,26-,29-,30-,31+/m0/s1. The molecule has 3 aromatic rings. The minimum Gasteiger partial charge on any atom is -0.487 e. The van der Waals surface area contributed by atoms with Gasteiger partial charge in [0.15, 0.2) is 0 Å². The molecule has 276 valence electrons. The number of fused-ring (bicyclic) bond motifs is 2. The lowest BCUT2D eigenvalue weighted by molar-refractivity contribution is -0.0464. The Morgan fingerprint density at radius 3 is 2.49 bits per heavy atom. The number of aliphatic imine (C=N–C) groups is 1. The number of methoxy groups -OCH3 is 1. The molecule has 14 heteroatoms. The number of halogens is 1. The molecule has 3 fully saturated rings. The fourth-order valence-corrected chi connectivity index (χ4v) is 7.70. The maximum Gasteiger partial charge on any atom is 0.256 e. The summed E-state index contributed by atoms with van der Waals surface area (Å²) in [5, 5.41) is 18.7. The summed E-state index contributed by atoms with van der Waals surface area (Å²) in [5.41, 5.74) is 2.24. The number of anilines is 2. The van der Waals surface area contributed by atoms with E-state index in [9.17, 15) is 0 Å². The number of morpholine rings is 1. The van der Waals surface area contributed by atoms with Gasteiger partial charge in [-0.1, -0.05) is 31.5 Å². The van der Waals surface area contributed by atoms with E-state index in [0.717, 1.165) is 42.9 Å². The smallest absolute Gasteiger partial charge is 0.256 e. The Bertz CT molecular complexity index is 1590. The van der Waals surface area contributed by atoms with Crippen molar-refractivity contribution in [2.75, 3.05) is 45.4 Å². The lowest BCUT2D eigenvalue weighted by atomic mass is 9.84. The molecule has 6 rings (SSSR count). The van der Waals surface area contributed by atoms with Gasteiger partial charge in [-0.3, -0.25) is 15.0 Å². The van der Waals surface area contributed by atoms with Crippen molar-refractivity contribution in [3.8, 4) is 22.8 Å². The lowest BCUT2D eigenvalue weighted by Crippen LogP contribution is -2.52. The second-order valence-electron chi connectivity index (χ2n) is 14.8. The third-order valence-corrected chi connectivity index (χ3v) is 10.3. The molecule has 3 N–H and O–H groups in total. The Morgan fingerprint density at radius 2 is 1.78 bits per heavy atom. The number of hydrogen-bond donors (Lipinski definition) is 3.